The van der Waals surface area contributed by atoms with Crippen LogP contribution in [-0.2, 0) is 4.74 Å². The number of aryl methyl sites for hydroxylation is 3. The molecule has 2 aromatic heterocycles. The summed E-state index contributed by atoms with van der Waals surface area (Å²) in [6, 6.07) is 16.8. The third-order valence-electron chi connectivity index (χ3n) is 7.00. The van der Waals surface area contributed by atoms with Crippen LogP contribution in [-0.4, -0.2) is 49.2 Å². The molecule has 40 heavy (non-hydrogen) atoms. The van der Waals surface area contributed by atoms with E-state index in [0.717, 1.165) is 41.2 Å². The first-order chi connectivity index (χ1) is 19.1. The van der Waals surface area contributed by atoms with Crippen LogP contribution in [0, 0.1) is 20.8 Å². The average molecular weight is 539 g/mol. The lowest BCUT2D eigenvalue weighted by molar-refractivity contribution is 0.0189. The van der Waals surface area contributed by atoms with E-state index in [-0.39, 0.29) is 12.1 Å². The molecule has 2 aromatic carbocycles. The second-order valence-corrected chi connectivity index (χ2v) is 11.7. The summed E-state index contributed by atoms with van der Waals surface area (Å²) < 4.78 is 7.83. The first-order valence-electron chi connectivity index (χ1n) is 13.9. The van der Waals surface area contributed by atoms with Crippen molar-refractivity contribution in [1.82, 2.24) is 24.4 Å². The minimum atomic E-state index is -0.510. The number of piperidine rings is 1. The summed E-state index contributed by atoms with van der Waals surface area (Å²) in [6.07, 6.45) is 5.05. The van der Waals surface area contributed by atoms with Crippen molar-refractivity contribution in [3.8, 4) is 22.6 Å². The predicted octanol–water partition coefficient (Wildman–Crippen LogP) is 7.25. The molecule has 8 heteroatoms. The van der Waals surface area contributed by atoms with E-state index in [1.165, 1.54) is 16.7 Å². The van der Waals surface area contributed by atoms with Crippen molar-refractivity contribution in [2.75, 3.05) is 18.4 Å². The van der Waals surface area contributed by atoms with Gasteiger partial charge in [-0.2, -0.15) is 0 Å². The van der Waals surface area contributed by atoms with Gasteiger partial charge in [0.1, 0.15) is 5.60 Å². The molecule has 0 saturated carbocycles. The van der Waals surface area contributed by atoms with Gasteiger partial charge in [0.2, 0.25) is 5.95 Å². The molecule has 1 fully saturated rings. The topological polar surface area (TPSA) is 85.2 Å². The normalized spacial score (nSPS) is 14.3. The average Bonchev–Trinajstić information content (AvgIpc) is 3.33. The molecule has 208 valence electrons. The summed E-state index contributed by atoms with van der Waals surface area (Å²) in [5.74, 6) is 0.532. The summed E-state index contributed by atoms with van der Waals surface area (Å²) in [5, 5.41) is 3.38. The number of carbonyl (C=O) groups is 1. The van der Waals surface area contributed by atoms with Crippen LogP contribution in [0.2, 0.25) is 0 Å². The molecule has 0 radical (unpaired) electrons. The summed E-state index contributed by atoms with van der Waals surface area (Å²) in [7, 11) is 0. The Bertz CT molecular complexity index is 1470. The van der Waals surface area contributed by atoms with Crippen molar-refractivity contribution in [1.29, 1.82) is 0 Å². The molecule has 1 aliphatic heterocycles. The van der Waals surface area contributed by atoms with Crippen molar-refractivity contribution < 1.29 is 9.53 Å². The number of nitrogens with zero attached hydrogens (tertiary/aromatic N) is 5. The second-order valence-electron chi connectivity index (χ2n) is 11.7. The molecule has 1 N–H and O–H groups in total. The molecule has 8 nitrogen and oxygen atoms in total. The van der Waals surface area contributed by atoms with Crippen LogP contribution in [0.4, 0.5) is 16.4 Å². The van der Waals surface area contributed by atoms with E-state index in [1.54, 1.807) is 11.1 Å². The van der Waals surface area contributed by atoms with E-state index >= 15 is 0 Å². The van der Waals surface area contributed by atoms with Crippen LogP contribution in [0.3, 0.4) is 0 Å². The highest BCUT2D eigenvalue weighted by Crippen LogP contribution is 2.36. The number of anilines is 2. The van der Waals surface area contributed by atoms with Crippen LogP contribution in [0.5, 0.6) is 0 Å². The zero-order valence-corrected chi connectivity index (χ0v) is 24.2. The Balaban J connectivity index is 1.47. The maximum absolute atomic E-state index is 12.7. The Morgan fingerprint density at radius 3 is 2.25 bits per heavy atom. The van der Waals surface area contributed by atoms with Crippen LogP contribution in [0.1, 0.15) is 56.3 Å². The number of likely N-dealkylation sites (tertiary alicyclic amines) is 1. The minimum absolute atomic E-state index is 0.172. The Kier molecular flexibility index (Phi) is 7.61. The number of rotatable bonds is 5. The van der Waals surface area contributed by atoms with E-state index in [4.69, 9.17) is 14.7 Å². The number of benzene rings is 2. The Morgan fingerprint density at radius 1 is 0.925 bits per heavy atom. The van der Waals surface area contributed by atoms with Gasteiger partial charge in [-0.05, 0) is 83.7 Å². The molecule has 0 spiro atoms. The summed E-state index contributed by atoms with van der Waals surface area (Å²) in [5.41, 5.74) is 7.66. The lowest BCUT2D eigenvalue weighted by Crippen LogP contribution is -2.42. The molecule has 5 rings (SSSR count). The van der Waals surface area contributed by atoms with Crippen molar-refractivity contribution in [3.63, 3.8) is 0 Å². The monoisotopic (exact) mass is 538 g/mol. The second kappa shape index (κ2) is 11.1. The Hall–Kier alpha value is -4.20. The standard InChI is InChI=1S/C32H38N6O2/c1-21-7-9-24(10-8-21)28-29(27-11-14-33-30(36-27)35-25-18-22(2)17-23(3)19-25)38(20-34-28)26-12-15-37(16-13-26)31(39)40-32(4,5)6/h7-11,14,17-20,26H,12-13,15-16H2,1-6H3,(H,33,35,36). The number of carbonyl (C=O) groups excluding carboxylic acids is 1. The van der Waals surface area contributed by atoms with Gasteiger partial charge in [0, 0.05) is 36.6 Å². The van der Waals surface area contributed by atoms with Crippen molar-refractivity contribution in [3.05, 3.63) is 77.7 Å². The van der Waals surface area contributed by atoms with Crippen LogP contribution in [0.15, 0.2) is 61.1 Å². The fourth-order valence-electron chi connectivity index (χ4n) is 5.19. The van der Waals surface area contributed by atoms with Gasteiger partial charge in [0.15, 0.2) is 0 Å². The van der Waals surface area contributed by atoms with Crippen LogP contribution < -0.4 is 5.32 Å². The van der Waals surface area contributed by atoms with Crippen LogP contribution >= 0.6 is 0 Å². The molecule has 0 aliphatic carbocycles. The molecule has 0 bridgehead atoms. The van der Waals surface area contributed by atoms with E-state index in [1.807, 2.05) is 33.2 Å². The molecule has 0 atom stereocenters. The minimum Gasteiger partial charge on any atom is -0.444 e. The number of nitrogens with one attached hydrogen (secondary N) is 1. The number of hydrogen-bond donors (Lipinski definition) is 1. The van der Waals surface area contributed by atoms with Crippen LogP contribution in [0.25, 0.3) is 22.6 Å². The van der Waals surface area contributed by atoms with Gasteiger partial charge in [-0.25, -0.2) is 19.7 Å². The van der Waals surface area contributed by atoms with Gasteiger partial charge in [-0.3, -0.25) is 0 Å². The largest absolute Gasteiger partial charge is 0.444 e. The van der Waals surface area contributed by atoms with Gasteiger partial charge in [0.05, 0.1) is 23.4 Å². The zero-order chi connectivity index (χ0) is 28.4. The Morgan fingerprint density at radius 2 is 1.60 bits per heavy atom. The van der Waals surface area contributed by atoms with Crippen molar-refractivity contribution in [2.24, 2.45) is 0 Å². The number of ether oxygens (including phenoxy) is 1. The lowest BCUT2D eigenvalue weighted by atomic mass is 10.0. The van der Waals surface area contributed by atoms with E-state index in [2.05, 4.69) is 78.1 Å². The molecular formula is C32H38N6O2. The fraction of sp³-hybridized carbons (Fsp3) is 0.375. The summed E-state index contributed by atoms with van der Waals surface area (Å²) in [4.78, 5) is 28.8. The van der Waals surface area contributed by atoms with Gasteiger partial charge in [-0.15, -0.1) is 0 Å². The number of amides is 1. The molecule has 3 heterocycles. The number of aromatic nitrogens is 4. The maximum atomic E-state index is 12.7. The summed E-state index contributed by atoms with van der Waals surface area (Å²) >= 11 is 0. The molecule has 1 saturated heterocycles. The van der Waals surface area contributed by atoms with E-state index in [9.17, 15) is 4.79 Å². The first kappa shape index (κ1) is 27.4. The maximum Gasteiger partial charge on any atom is 0.410 e. The van der Waals surface area contributed by atoms with E-state index < -0.39 is 5.60 Å². The number of hydrogen-bond acceptors (Lipinski definition) is 6. The third-order valence-corrected chi connectivity index (χ3v) is 7.00. The van der Waals surface area contributed by atoms with Gasteiger partial charge >= 0.3 is 6.09 Å². The van der Waals surface area contributed by atoms with E-state index in [0.29, 0.717) is 19.0 Å². The predicted molar refractivity (Wildman–Crippen MR) is 159 cm³/mol. The molecule has 4 aromatic rings. The van der Waals surface area contributed by atoms with Crippen molar-refractivity contribution >= 4 is 17.7 Å². The lowest BCUT2D eigenvalue weighted by Gasteiger charge is -2.34. The molecule has 0 unspecified atom stereocenters. The highest BCUT2D eigenvalue weighted by Gasteiger charge is 2.30. The SMILES string of the molecule is Cc1ccc(-c2ncn(C3CCN(C(=O)OC(C)(C)C)CC3)c2-c2ccnc(Nc3cc(C)cc(C)c3)n2)cc1. The molecular weight excluding hydrogens is 500 g/mol. The van der Waals surface area contributed by atoms with Gasteiger partial charge < -0.3 is 19.5 Å². The van der Waals surface area contributed by atoms with Crippen molar-refractivity contribution in [2.45, 2.75) is 66.0 Å². The van der Waals surface area contributed by atoms with Gasteiger partial charge in [-0.1, -0.05) is 35.9 Å². The molecule has 1 amide bonds. The Labute approximate surface area is 236 Å². The summed E-state index contributed by atoms with van der Waals surface area (Å²) in [6.45, 7) is 13.2. The quantitative estimate of drug-likeness (QED) is 0.288. The zero-order valence-electron chi connectivity index (χ0n) is 24.2. The highest BCUT2D eigenvalue weighted by molar-refractivity contribution is 5.77. The third kappa shape index (κ3) is 6.33. The van der Waals surface area contributed by atoms with Gasteiger partial charge in [0.25, 0.3) is 0 Å². The smallest absolute Gasteiger partial charge is 0.410 e. The molecule has 1 aliphatic rings. The highest BCUT2D eigenvalue weighted by atomic mass is 16.6. The first-order valence-corrected chi connectivity index (χ1v) is 13.9. The number of imidazole rings is 1. The fourth-order valence-corrected chi connectivity index (χ4v) is 5.19.